The zero-order chi connectivity index (χ0) is 40.3. The van der Waals surface area contributed by atoms with Crippen LogP contribution in [0.2, 0.25) is 0 Å². The Bertz CT molecular complexity index is 3590. The highest BCUT2D eigenvalue weighted by atomic mass is 32.1. The number of hydrogen-bond acceptors (Lipinski definition) is 3. The van der Waals surface area contributed by atoms with Gasteiger partial charge in [0, 0.05) is 53.6 Å². The molecule has 0 fully saturated rings. The minimum Gasteiger partial charge on any atom is -0.455 e. The van der Waals surface area contributed by atoms with Gasteiger partial charge in [0.05, 0.1) is 0 Å². The number of furan rings is 1. The van der Waals surface area contributed by atoms with Crippen LogP contribution in [-0.4, -0.2) is 0 Å². The minimum absolute atomic E-state index is 0.905. The molecule has 2 nitrogen and oxygen atoms in total. The lowest BCUT2D eigenvalue weighted by Crippen LogP contribution is -2.10. The first-order valence-electron chi connectivity index (χ1n) is 20.7. The zero-order valence-electron chi connectivity index (χ0n) is 33.1. The maximum absolute atomic E-state index is 6.44. The number of thiophene rings is 1. The van der Waals surface area contributed by atoms with Crippen molar-refractivity contribution in [2.75, 3.05) is 4.90 Å². The molecule has 2 heterocycles. The summed E-state index contributed by atoms with van der Waals surface area (Å²) in [5.41, 5.74) is 14.4. The highest BCUT2D eigenvalue weighted by Gasteiger charge is 2.17. The molecule has 12 rings (SSSR count). The van der Waals surface area contributed by atoms with E-state index in [0.29, 0.717) is 0 Å². The Labute approximate surface area is 357 Å². The third kappa shape index (κ3) is 6.18. The van der Waals surface area contributed by atoms with Gasteiger partial charge in [-0.05, 0) is 110 Å². The van der Waals surface area contributed by atoms with Gasteiger partial charge in [-0.1, -0.05) is 164 Å². The molecule has 0 aliphatic heterocycles. The van der Waals surface area contributed by atoms with Gasteiger partial charge >= 0.3 is 0 Å². The van der Waals surface area contributed by atoms with Crippen LogP contribution in [0.3, 0.4) is 0 Å². The quantitative estimate of drug-likeness (QED) is 0.160. The van der Waals surface area contributed by atoms with Crippen molar-refractivity contribution in [1.82, 2.24) is 0 Å². The molecule has 12 aromatic rings. The van der Waals surface area contributed by atoms with Gasteiger partial charge in [0.1, 0.15) is 11.2 Å². The molecule has 0 saturated carbocycles. The van der Waals surface area contributed by atoms with Crippen molar-refractivity contribution < 1.29 is 4.42 Å². The van der Waals surface area contributed by atoms with Crippen LogP contribution in [0.25, 0.3) is 97.4 Å². The summed E-state index contributed by atoms with van der Waals surface area (Å²) in [4.78, 5) is 2.36. The molecule has 0 unspecified atom stereocenters. The first-order chi connectivity index (χ1) is 30.2. The van der Waals surface area contributed by atoms with Crippen LogP contribution in [0.15, 0.2) is 229 Å². The van der Waals surface area contributed by atoms with Crippen molar-refractivity contribution in [1.29, 1.82) is 0 Å². The maximum atomic E-state index is 6.44. The number of rotatable bonds is 7. The van der Waals surface area contributed by atoms with E-state index in [-0.39, 0.29) is 0 Å². The lowest BCUT2D eigenvalue weighted by Gasteiger charge is -2.26. The van der Waals surface area contributed by atoms with Gasteiger partial charge in [0.25, 0.3) is 0 Å². The molecule has 0 amide bonds. The predicted molar refractivity (Wildman–Crippen MR) is 261 cm³/mol. The summed E-state index contributed by atoms with van der Waals surface area (Å²) in [5, 5.41) is 7.41. The molecule has 0 spiro atoms. The first-order valence-corrected chi connectivity index (χ1v) is 21.5. The molecule has 2 aromatic heterocycles. The molecule has 61 heavy (non-hydrogen) atoms. The molecule has 0 saturated heterocycles. The summed E-state index contributed by atoms with van der Waals surface area (Å²) in [7, 11) is 0. The molecular weight excluding hydrogens is 759 g/mol. The second-order valence-corrected chi connectivity index (χ2v) is 16.8. The van der Waals surface area contributed by atoms with Crippen LogP contribution in [0.5, 0.6) is 0 Å². The van der Waals surface area contributed by atoms with Crippen molar-refractivity contribution in [3.63, 3.8) is 0 Å². The Kier molecular flexibility index (Phi) is 8.39. The summed E-state index contributed by atoms with van der Waals surface area (Å²) in [6.07, 6.45) is 0. The largest absolute Gasteiger partial charge is 0.455 e. The normalized spacial score (nSPS) is 11.6. The van der Waals surface area contributed by atoms with Gasteiger partial charge in [0.2, 0.25) is 0 Å². The van der Waals surface area contributed by atoms with Crippen LogP contribution < -0.4 is 4.90 Å². The van der Waals surface area contributed by atoms with Gasteiger partial charge in [0.15, 0.2) is 0 Å². The minimum atomic E-state index is 0.905. The molecule has 0 atom stereocenters. The van der Waals surface area contributed by atoms with Crippen LogP contribution in [0.1, 0.15) is 0 Å². The van der Waals surface area contributed by atoms with E-state index in [1.54, 1.807) is 0 Å². The van der Waals surface area contributed by atoms with E-state index in [4.69, 9.17) is 4.42 Å². The highest BCUT2D eigenvalue weighted by Crippen LogP contribution is 2.42. The van der Waals surface area contributed by atoms with Gasteiger partial charge < -0.3 is 9.32 Å². The van der Waals surface area contributed by atoms with Crippen molar-refractivity contribution in [3.05, 3.63) is 224 Å². The van der Waals surface area contributed by atoms with E-state index >= 15 is 0 Å². The molecule has 0 bridgehead atoms. The zero-order valence-corrected chi connectivity index (χ0v) is 33.9. The molecule has 0 radical (unpaired) electrons. The Balaban J connectivity index is 0.947. The molecule has 286 valence electrons. The Hall–Kier alpha value is -7.72. The summed E-state index contributed by atoms with van der Waals surface area (Å²) >= 11 is 1.86. The third-order valence-corrected chi connectivity index (χ3v) is 13.2. The fourth-order valence-electron chi connectivity index (χ4n) is 9.09. The molecular formula is C58H37NOS. The van der Waals surface area contributed by atoms with Crippen molar-refractivity contribution >= 4 is 81.3 Å². The molecule has 0 aliphatic rings. The molecule has 3 heteroatoms. The Morgan fingerprint density at radius 1 is 0.311 bits per heavy atom. The number of fused-ring (bicyclic) bond motifs is 7. The highest BCUT2D eigenvalue weighted by molar-refractivity contribution is 7.25. The van der Waals surface area contributed by atoms with E-state index in [1.807, 2.05) is 23.5 Å². The lowest BCUT2D eigenvalue weighted by atomic mass is 9.95. The Morgan fingerprint density at radius 2 is 0.885 bits per heavy atom. The van der Waals surface area contributed by atoms with Crippen LogP contribution >= 0.6 is 11.3 Å². The second-order valence-electron chi connectivity index (χ2n) is 15.7. The van der Waals surface area contributed by atoms with Crippen molar-refractivity contribution in [3.8, 4) is 44.5 Å². The smallest absolute Gasteiger partial charge is 0.143 e. The second kappa shape index (κ2) is 14.5. The van der Waals surface area contributed by atoms with Crippen LogP contribution in [0.4, 0.5) is 17.1 Å². The predicted octanol–water partition coefficient (Wildman–Crippen LogP) is 17.2. The van der Waals surface area contributed by atoms with Gasteiger partial charge in [-0.25, -0.2) is 0 Å². The lowest BCUT2D eigenvalue weighted by molar-refractivity contribution is 0.670. The summed E-state index contributed by atoms with van der Waals surface area (Å²) in [6, 6.07) is 81.2. The molecule has 10 aromatic carbocycles. The van der Waals surface area contributed by atoms with E-state index in [1.165, 1.54) is 58.8 Å². The average Bonchev–Trinajstić information content (AvgIpc) is 3.90. The first kappa shape index (κ1) is 35.2. The van der Waals surface area contributed by atoms with Gasteiger partial charge in [-0.3, -0.25) is 0 Å². The monoisotopic (exact) mass is 795 g/mol. The number of anilines is 3. The number of nitrogens with zero attached hydrogens (tertiary/aromatic N) is 1. The van der Waals surface area contributed by atoms with E-state index in [0.717, 1.165) is 55.7 Å². The summed E-state index contributed by atoms with van der Waals surface area (Å²) in [5.74, 6) is 0. The fourth-order valence-corrected chi connectivity index (χ4v) is 10.2. The number of hydrogen-bond donors (Lipinski definition) is 0. The van der Waals surface area contributed by atoms with E-state index in [2.05, 4.69) is 217 Å². The van der Waals surface area contributed by atoms with E-state index < -0.39 is 0 Å². The van der Waals surface area contributed by atoms with Crippen molar-refractivity contribution in [2.24, 2.45) is 0 Å². The molecule has 0 aliphatic carbocycles. The standard InChI is InChI=1S/C58H37NOS/c1-2-17-48-39(11-1)12-9-20-49(48)44-15-7-13-41(35-44)42-14-8-16-47(36-42)59(45-30-25-38(26-31-45)43-29-34-53-52-19-4-6-24-56(52)61-57(53)37-43)46-32-27-40(28-33-46)50-21-10-22-54-51-18-3-5-23-55(51)60-58(50)54/h1-37H. The third-order valence-electron chi connectivity index (χ3n) is 12.1. The summed E-state index contributed by atoms with van der Waals surface area (Å²) in [6.45, 7) is 0. The topological polar surface area (TPSA) is 16.4 Å². The average molecular weight is 796 g/mol. The Morgan fingerprint density at radius 3 is 1.74 bits per heavy atom. The summed E-state index contributed by atoms with van der Waals surface area (Å²) < 4.78 is 9.08. The number of benzene rings is 10. The maximum Gasteiger partial charge on any atom is 0.143 e. The van der Waals surface area contributed by atoms with Crippen LogP contribution in [0, 0.1) is 0 Å². The molecule has 0 N–H and O–H groups in total. The van der Waals surface area contributed by atoms with Crippen LogP contribution in [-0.2, 0) is 0 Å². The fraction of sp³-hybridized carbons (Fsp3) is 0. The van der Waals surface area contributed by atoms with Gasteiger partial charge in [-0.2, -0.15) is 0 Å². The SMILES string of the molecule is c1cc(-c2cccc(N(c3ccc(-c4ccc5c(c4)sc4ccccc45)cc3)c3ccc(-c4cccc5c4oc4ccccc45)cc3)c2)cc(-c2cccc3ccccc23)c1. The van der Waals surface area contributed by atoms with Gasteiger partial charge in [-0.15, -0.1) is 11.3 Å². The number of para-hydroxylation sites is 2. The van der Waals surface area contributed by atoms with Crippen molar-refractivity contribution in [2.45, 2.75) is 0 Å². The van der Waals surface area contributed by atoms with E-state index in [9.17, 15) is 0 Å².